The maximum Gasteiger partial charge on any atom is 0.255 e. The molecule has 122 valence electrons. The van der Waals surface area contributed by atoms with Gasteiger partial charge in [-0.1, -0.05) is 31.9 Å². The lowest BCUT2D eigenvalue weighted by atomic mass is 10.2. The number of hydrogen-bond acceptors (Lipinski definition) is 4. The van der Waals surface area contributed by atoms with Crippen LogP contribution in [0.5, 0.6) is 5.75 Å². The Kier molecular flexibility index (Phi) is 8.67. The van der Waals surface area contributed by atoms with Crippen molar-refractivity contribution in [3.8, 4) is 5.75 Å². The first-order valence-corrected chi connectivity index (χ1v) is 7.68. The third-order valence-electron chi connectivity index (χ3n) is 3.16. The summed E-state index contributed by atoms with van der Waals surface area (Å²) in [6.45, 7) is 3.15. The SMILES string of the molecule is CCCCCOc1ccccc1C(=O)NCCCC(=O)NN. The van der Waals surface area contributed by atoms with Gasteiger partial charge in [0.2, 0.25) is 5.91 Å². The molecule has 4 N–H and O–H groups in total. The Morgan fingerprint density at radius 3 is 2.68 bits per heavy atom. The summed E-state index contributed by atoms with van der Waals surface area (Å²) in [6.07, 6.45) is 4.03. The Labute approximate surface area is 131 Å². The van der Waals surface area contributed by atoms with Gasteiger partial charge < -0.3 is 10.1 Å². The molecule has 0 saturated heterocycles. The van der Waals surface area contributed by atoms with Crippen LogP contribution in [-0.4, -0.2) is 25.0 Å². The number of hydrazine groups is 1. The highest BCUT2D eigenvalue weighted by Gasteiger charge is 2.11. The van der Waals surface area contributed by atoms with Crippen molar-refractivity contribution in [2.24, 2.45) is 5.84 Å². The minimum absolute atomic E-state index is 0.195. The van der Waals surface area contributed by atoms with Gasteiger partial charge in [-0.25, -0.2) is 5.84 Å². The number of nitrogens with one attached hydrogen (secondary N) is 2. The van der Waals surface area contributed by atoms with Crippen molar-refractivity contribution in [3.63, 3.8) is 0 Å². The highest BCUT2D eigenvalue weighted by molar-refractivity contribution is 5.96. The topological polar surface area (TPSA) is 93.4 Å². The zero-order chi connectivity index (χ0) is 16.2. The van der Waals surface area contributed by atoms with E-state index >= 15 is 0 Å². The Bertz CT molecular complexity index is 477. The molecule has 22 heavy (non-hydrogen) atoms. The molecule has 0 saturated carbocycles. The first-order valence-electron chi connectivity index (χ1n) is 7.68. The lowest BCUT2D eigenvalue weighted by molar-refractivity contribution is -0.121. The van der Waals surface area contributed by atoms with Gasteiger partial charge in [-0.3, -0.25) is 15.0 Å². The standard InChI is InChI=1S/C16H25N3O3/c1-2-3-6-12-22-14-9-5-4-8-13(14)16(21)18-11-7-10-15(20)19-17/h4-5,8-9H,2-3,6-7,10-12,17H2,1H3,(H,18,21)(H,19,20). The zero-order valence-electron chi connectivity index (χ0n) is 13.1. The molecular formula is C16H25N3O3. The molecule has 0 spiro atoms. The summed E-state index contributed by atoms with van der Waals surface area (Å²) in [7, 11) is 0. The number of rotatable bonds is 10. The summed E-state index contributed by atoms with van der Waals surface area (Å²) in [5, 5.41) is 2.78. The molecule has 6 nitrogen and oxygen atoms in total. The van der Waals surface area contributed by atoms with Gasteiger partial charge in [0, 0.05) is 13.0 Å². The average Bonchev–Trinajstić information content (AvgIpc) is 2.55. The van der Waals surface area contributed by atoms with Gasteiger partial charge in [-0.05, 0) is 25.0 Å². The minimum Gasteiger partial charge on any atom is -0.493 e. The number of benzene rings is 1. The normalized spacial score (nSPS) is 10.1. The van der Waals surface area contributed by atoms with E-state index in [2.05, 4.69) is 17.7 Å². The lowest BCUT2D eigenvalue weighted by Gasteiger charge is -2.11. The highest BCUT2D eigenvalue weighted by atomic mass is 16.5. The molecule has 0 unspecified atom stereocenters. The van der Waals surface area contributed by atoms with Crippen molar-refractivity contribution in [2.75, 3.05) is 13.2 Å². The fourth-order valence-corrected chi connectivity index (χ4v) is 1.93. The molecule has 0 heterocycles. The molecule has 0 bridgehead atoms. The third kappa shape index (κ3) is 6.58. The molecule has 0 fully saturated rings. The number of carbonyl (C=O) groups is 2. The molecule has 0 aromatic heterocycles. The smallest absolute Gasteiger partial charge is 0.255 e. The molecule has 0 atom stereocenters. The van der Waals surface area contributed by atoms with Gasteiger partial charge in [-0.2, -0.15) is 0 Å². The summed E-state index contributed by atoms with van der Waals surface area (Å²) >= 11 is 0. The lowest BCUT2D eigenvalue weighted by Crippen LogP contribution is -2.31. The first kappa shape index (κ1) is 18.0. The molecule has 0 radical (unpaired) electrons. The van der Waals surface area contributed by atoms with Gasteiger partial charge in [0.15, 0.2) is 0 Å². The van der Waals surface area contributed by atoms with Gasteiger partial charge in [0.25, 0.3) is 5.91 Å². The maximum atomic E-state index is 12.2. The predicted octanol–water partition coefficient (Wildman–Crippen LogP) is 1.76. The molecule has 0 aliphatic carbocycles. The second-order valence-corrected chi connectivity index (χ2v) is 4.98. The van der Waals surface area contributed by atoms with Crippen LogP contribution in [0.2, 0.25) is 0 Å². The Balaban J connectivity index is 2.45. The van der Waals surface area contributed by atoms with Crippen LogP contribution in [0.1, 0.15) is 49.4 Å². The Morgan fingerprint density at radius 2 is 1.95 bits per heavy atom. The van der Waals surface area contributed by atoms with E-state index in [0.29, 0.717) is 30.9 Å². The average molecular weight is 307 g/mol. The first-order chi connectivity index (χ1) is 10.7. The monoisotopic (exact) mass is 307 g/mol. The third-order valence-corrected chi connectivity index (χ3v) is 3.16. The molecule has 2 amide bonds. The number of para-hydroxylation sites is 1. The molecular weight excluding hydrogens is 282 g/mol. The Hall–Kier alpha value is -2.08. The number of nitrogens with two attached hydrogens (primary N) is 1. The maximum absolute atomic E-state index is 12.2. The van der Waals surface area contributed by atoms with Crippen molar-refractivity contribution in [3.05, 3.63) is 29.8 Å². The van der Waals surface area contributed by atoms with Crippen LogP contribution in [0.4, 0.5) is 0 Å². The van der Waals surface area contributed by atoms with Crippen LogP contribution in [0.3, 0.4) is 0 Å². The van der Waals surface area contributed by atoms with E-state index in [9.17, 15) is 9.59 Å². The molecule has 1 aromatic carbocycles. The summed E-state index contributed by atoms with van der Waals surface area (Å²) < 4.78 is 5.68. The number of ether oxygens (including phenoxy) is 1. The molecule has 0 aliphatic rings. The molecule has 1 aromatic rings. The summed E-state index contributed by atoms with van der Waals surface area (Å²) in [5.41, 5.74) is 2.57. The number of unbranched alkanes of at least 4 members (excludes halogenated alkanes) is 2. The Morgan fingerprint density at radius 1 is 1.18 bits per heavy atom. The molecule has 0 aliphatic heterocycles. The van der Waals surface area contributed by atoms with Crippen molar-refractivity contribution in [1.29, 1.82) is 0 Å². The van der Waals surface area contributed by atoms with Gasteiger partial charge in [-0.15, -0.1) is 0 Å². The zero-order valence-corrected chi connectivity index (χ0v) is 13.1. The van der Waals surface area contributed by atoms with Crippen LogP contribution < -0.4 is 21.3 Å². The van der Waals surface area contributed by atoms with Crippen LogP contribution in [-0.2, 0) is 4.79 Å². The highest BCUT2D eigenvalue weighted by Crippen LogP contribution is 2.18. The second kappa shape index (κ2) is 10.6. The van der Waals surface area contributed by atoms with E-state index in [4.69, 9.17) is 10.6 Å². The van der Waals surface area contributed by atoms with E-state index < -0.39 is 0 Å². The summed E-state index contributed by atoms with van der Waals surface area (Å²) in [6, 6.07) is 7.17. The van der Waals surface area contributed by atoms with Crippen molar-refractivity contribution in [1.82, 2.24) is 10.7 Å². The minimum atomic E-state index is -0.242. The van der Waals surface area contributed by atoms with Crippen LogP contribution in [0.25, 0.3) is 0 Å². The van der Waals surface area contributed by atoms with E-state index in [0.717, 1.165) is 19.3 Å². The number of carbonyl (C=O) groups excluding carboxylic acids is 2. The number of amides is 2. The van der Waals surface area contributed by atoms with E-state index in [1.165, 1.54) is 0 Å². The van der Waals surface area contributed by atoms with Crippen LogP contribution >= 0.6 is 0 Å². The summed E-state index contributed by atoms with van der Waals surface area (Å²) in [4.78, 5) is 23.1. The van der Waals surface area contributed by atoms with E-state index in [-0.39, 0.29) is 18.2 Å². The number of hydrogen-bond donors (Lipinski definition) is 3. The fraction of sp³-hybridized carbons (Fsp3) is 0.500. The van der Waals surface area contributed by atoms with E-state index in [1.54, 1.807) is 18.2 Å². The summed E-state index contributed by atoms with van der Waals surface area (Å²) in [5.74, 6) is 5.15. The fourth-order valence-electron chi connectivity index (χ4n) is 1.93. The quantitative estimate of drug-likeness (QED) is 0.266. The van der Waals surface area contributed by atoms with Gasteiger partial charge >= 0.3 is 0 Å². The van der Waals surface area contributed by atoms with Crippen LogP contribution in [0.15, 0.2) is 24.3 Å². The largest absolute Gasteiger partial charge is 0.493 e. The van der Waals surface area contributed by atoms with Gasteiger partial charge in [0.05, 0.1) is 12.2 Å². The molecule has 6 heteroatoms. The van der Waals surface area contributed by atoms with Crippen molar-refractivity contribution in [2.45, 2.75) is 39.0 Å². The van der Waals surface area contributed by atoms with Crippen LogP contribution in [0, 0.1) is 0 Å². The van der Waals surface area contributed by atoms with E-state index in [1.807, 2.05) is 6.07 Å². The predicted molar refractivity (Wildman–Crippen MR) is 85.4 cm³/mol. The van der Waals surface area contributed by atoms with Gasteiger partial charge in [0.1, 0.15) is 5.75 Å². The van der Waals surface area contributed by atoms with Crippen molar-refractivity contribution < 1.29 is 14.3 Å². The van der Waals surface area contributed by atoms with Crippen molar-refractivity contribution >= 4 is 11.8 Å². The molecule has 1 rings (SSSR count). The second-order valence-electron chi connectivity index (χ2n) is 4.98.